The van der Waals surface area contributed by atoms with Gasteiger partial charge >= 0.3 is 0 Å². The maximum atomic E-state index is 12.3. The minimum atomic E-state index is -0.562. The molecule has 3 aliphatic carbocycles. The van der Waals surface area contributed by atoms with Crippen LogP contribution in [-0.2, 0) is 15.1 Å². The number of carbonyl (C=O) groups excluding carboxylic acids is 1. The van der Waals surface area contributed by atoms with E-state index >= 15 is 0 Å². The van der Waals surface area contributed by atoms with Gasteiger partial charge in [0.1, 0.15) is 22.9 Å². The van der Waals surface area contributed by atoms with Gasteiger partial charge in [0.2, 0.25) is 0 Å². The molecule has 2 saturated carbocycles. The molecule has 5 rings (SSSR count). The molecule has 150 valence electrons. The average molecular weight is 383 g/mol. The number of ketones is 1. The molecule has 0 amide bonds. The number of aromatic hydroxyl groups is 2. The van der Waals surface area contributed by atoms with E-state index in [0.717, 1.165) is 37.7 Å². The van der Waals surface area contributed by atoms with Crippen LogP contribution in [0.3, 0.4) is 0 Å². The molecule has 1 heterocycles. The fourth-order valence-electron chi connectivity index (χ4n) is 6.93. The maximum absolute atomic E-state index is 12.3. The molecule has 1 aliphatic heterocycles. The van der Waals surface area contributed by atoms with Crippen LogP contribution in [0.15, 0.2) is 29.8 Å². The minimum Gasteiger partial charge on any atom is -0.508 e. The molecule has 28 heavy (non-hydrogen) atoms. The van der Waals surface area contributed by atoms with E-state index in [4.69, 9.17) is 4.74 Å². The molecule has 1 saturated heterocycles. The van der Waals surface area contributed by atoms with Crippen LogP contribution >= 0.6 is 0 Å². The lowest BCUT2D eigenvalue weighted by molar-refractivity contribution is -0.214. The van der Waals surface area contributed by atoms with Crippen LogP contribution in [0.2, 0.25) is 0 Å². The average Bonchev–Trinajstić information content (AvgIpc) is 2.68. The predicted molar refractivity (Wildman–Crippen MR) is 106 cm³/mol. The summed E-state index contributed by atoms with van der Waals surface area (Å²) in [6.07, 6.45) is 13.3. The van der Waals surface area contributed by atoms with E-state index < -0.39 is 5.60 Å². The number of fused-ring (bicyclic) bond motifs is 4. The van der Waals surface area contributed by atoms with E-state index in [2.05, 4.69) is 6.08 Å². The van der Waals surface area contributed by atoms with Crippen LogP contribution in [-0.4, -0.2) is 22.1 Å². The molecule has 3 fully saturated rings. The highest BCUT2D eigenvalue weighted by Gasteiger charge is 2.61. The molecule has 3 unspecified atom stereocenters. The van der Waals surface area contributed by atoms with Gasteiger partial charge in [0.25, 0.3) is 0 Å². The Balaban J connectivity index is 1.70. The van der Waals surface area contributed by atoms with Crippen molar-refractivity contribution in [1.29, 1.82) is 0 Å². The zero-order valence-electron chi connectivity index (χ0n) is 16.5. The van der Waals surface area contributed by atoms with E-state index in [-0.39, 0.29) is 28.8 Å². The molecule has 0 aromatic heterocycles. The van der Waals surface area contributed by atoms with Crippen molar-refractivity contribution in [1.82, 2.24) is 0 Å². The van der Waals surface area contributed by atoms with Crippen molar-refractivity contribution in [2.75, 3.05) is 0 Å². The lowest BCUT2D eigenvalue weighted by Gasteiger charge is -2.62. The van der Waals surface area contributed by atoms with Gasteiger partial charge in [-0.05, 0) is 48.8 Å². The van der Waals surface area contributed by atoms with Crippen molar-refractivity contribution < 1.29 is 19.7 Å². The third-order valence-corrected chi connectivity index (χ3v) is 7.94. The van der Waals surface area contributed by atoms with Gasteiger partial charge in [-0.1, -0.05) is 38.2 Å². The fourth-order valence-corrected chi connectivity index (χ4v) is 6.93. The SMILES string of the molecule is O=C1CC=C2C(C1)OC1(c3ccc(O)cc3O)CCCCC1C21CCCCC1. The van der Waals surface area contributed by atoms with Crippen LogP contribution in [0, 0.1) is 11.3 Å². The van der Waals surface area contributed by atoms with Gasteiger partial charge in [0, 0.05) is 30.4 Å². The van der Waals surface area contributed by atoms with Gasteiger partial charge in [-0.15, -0.1) is 0 Å². The summed E-state index contributed by atoms with van der Waals surface area (Å²) in [5.74, 6) is 0.758. The summed E-state index contributed by atoms with van der Waals surface area (Å²) in [7, 11) is 0. The fraction of sp³-hybridized carbons (Fsp3) is 0.625. The summed E-state index contributed by atoms with van der Waals surface area (Å²) in [5, 5.41) is 20.6. The number of carbonyl (C=O) groups is 1. The van der Waals surface area contributed by atoms with Gasteiger partial charge in [-0.2, -0.15) is 0 Å². The lowest BCUT2D eigenvalue weighted by atomic mass is 9.49. The van der Waals surface area contributed by atoms with E-state index in [9.17, 15) is 15.0 Å². The van der Waals surface area contributed by atoms with Gasteiger partial charge in [0.15, 0.2) is 0 Å². The Morgan fingerprint density at radius 1 is 1.00 bits per heavy atom. The Morgan fingerprint density at radius 2 is 1.79 bits per heavy atom. The monoisotopic (exact) mass is 382 g/mol. The zero-order valence-corrected chi connectivity index (χ0v) is 16.5. The Morgan fingerprint density at radius 3 is 2.57 bits per heavy atom. The molecule has 2 N–H and O–H groups in total. The van der Waals surface area contributed by atoms with Crippen LogP contribution < -0.4 is 0 Å². The predicted octanol–water partition coefficient (Wildman–Crippen LogP) is 5.12. The highest BCUT2D eigenvalue weighted by molar-refractivity contribution is 5.82. The summed E-state index contributed by atoms with van der Waals surface area (Å²) < 4.78 is 6.86. The van der Waals surface area contributed by atoms with Gasteiger partial charge in [-0.25, -0.2) is 0 Å². The third-order valence-electron chi connectivity index (χ3n) is 7.94. The first kappa shape index (κ1) is 18.2. The van der Waals surface area contributed by atoms with Crippen molar-refractivity contribution in [3.8, 4) is 11.5 Å². The van der Waals surface area contributed by atoms with Gasteiger partial charge in [0.05, 0.1) is 6.10 Å². The maximum Gasteiger partial charge on any atom is 0.139 e. The molecule has 1 aromatic rings. The summed E-state index contributed by atoms with van der Waals surface area (Å²) >= 11 is 0. The van der Waals surface area contributed by atoms with Crippen LogP contribution in [0.4, 0.5) is 0 Å². The Labute approximate surface area is 166 Å². The van der Waals surface area contributed by atoms with E-state index in [0.29, 0.717) is 18.8 Å². The highest BCUT2D eigenvalue weighted by atomic mass is 16.5. The Kier molecular flexibility index (Phi) is 4.31. The lowest BCUT2D eigenvalue weighted by Crippen LogP contribution is -2.59. The Hall–Kier alpha value is -1.81. The molecule has 4 nitrogen and oxygen atoms in total. The zero-order chi connectivity index (χ0) is 19.4. The van der Waals surface area contributed by atoms with Crippen molar-refractivity contribution in [3.63, 3.8) is 0 Å². The number of hydrogen-bond donors (Lipinski definition) is 2. The van der Waals surface area contributed by atoms with Crippen LogP contribution in [0.1, 0.15) is 76.2 Å². The second-order valence-corrected chi connectivity index (χ2v) is 9.32. The first-order valence-corrected chi connectivity index (χ1v) is 11.0. The highest BCUT2D eigenvalue weighted by Crippen LogP contribution is 2.66. The van der Waals surface area contributed by atoms with E-state index in [1.165, 1.54) is 37.3 Å². The number of phenolic OH excluding ortho intramolecular Hbond substituents is 2. The number of phenols is 2. The smallest absolute Gasteiger partial charge is 0.139 e. The summed E-state index contributed by atoms with van der Waals surface area (Å²) in [6, 6.07) is 4.94. The number of allylic oxidation sites excluding steroid dienone is 1. The number of Topliss-reactive ketones (excluding diaryl/α,β-unsaturated/α-hetero) is 1. The van der Waals surface area contributed by atoms with Crippen molar-refractivity contribution in [2.24, 2.45) is 11.3 Å². The second kappa shape index (κ2) is 6.62. The van der Waals surface area contributed by atoms with Crippen LogP contribution in [0.5, 0.6) is 11.5 Å². The summed E-state index contributed by atoms with van der Waals surface area (Å²) in [6.45, 7) is 0. The topological polar surface area (TPSA) is 66.8 Å². The first-order chi connectivity index (χ1) is 13.6. The molecule has 0 radical (unpaired) electrons. The minimum absolute atomic E-state index is 0.0710. The van der Waals surface area contributed by atoms with E-state index in [1.807, 2.05) is 6.07 Å². The Bertz CT molecular complexity index is 820. The third kappa shape index (κ3) is 2.57. The van der Waals surface area contributed by atoms with Crippen molar-refractivity contribution in [2.45, 2.75) is 82.3 Å². The largest absolute Gasteiger partial charge is 0.508 e. The quantitative estimate of drug-likeness (QED) is 0.662. The number of benzene rings is 1. The van der Waals surface area contributed by atoms with Gasteiger partial charge in [-0.3, -0.25) is 4.79 Å². The van der Waals surface area contributed by atoms with Gasteiger partial charge < -0.3 is 14.9 Å². The second-order valence-electron chi connectivity index (χ2n) is 9.32. The van der Waals surface area contributed by atoms with Crippen LogP contribution in [0.25, 0.3) is 0 Å². The number of hydrogen-bond acceptors (Lipinski definition) is 4. The standard InChI is InChI=1S/C24H30O4/c25-16-7-9-18(20(27)14-16)24-13-5-2-6-22(24)23(11-3-1-4-12-23)19-10-8-17(26)15-21(19)28-24/h7,9-10,14,21-22,25,27H,1-6,8,11-13,15H2. The molecule has 4 aliphatic rings. The molecule has 3 atom stereocenters. The van der Waals surface area contributed by atoms with Crippen molar-refractivity contribution in [3.05, 3.63) is 35.4 Å². The molecule has 4 heteroatoms. The molecule has 0 bridgehead atoms. The molecule has 1 spiro atoms. The normalized spacial score (nSPS) is 34.4. The summed E-state index contributed by atoms with van der Waals surface area (Å²) in [4.78, 5) is 12.3. The number of ether oxygens (including phenoxy) is 1. The first-order valence-electron chi connectivity index (χ1n) is 11.0. The molecular weight excluding hydrogens is 352 g/mol. The molecular formula is C24H30O4. The van der Waals surface area contributed by atoms with E-state index in [1.54, 1.807) is 6.07 Å². The molecule has 1 aromatic carbocycles. The number of rotatable bonds is 1. The van der Waals surface area contributed by atoms with Crippen molar-refractivity contribution >= 4 is 5.78 Å². The summed E-state index contributed by atoms with van der Waals surface area (Å²) in [5.41, 5.74) is 1.71.